The minimum absolute atomic E-state index is 0.0233. The van der Waals surface area contributed by atoms with Crippen LogP contribution in [0.25, 0.3) is 0 Å². The van der Waals surface area contributed by atoms with Crippen LogP contribution < -0.4 is 0 Å². The lowest BCUT2D eigenvalue weighted by Crippen LogP contribution is -2.29. The number of hydrogen-bond acceptors (Lipinski definition) is 7. The van der Waals surface area contributed by atoms with Crippen LogP contribution >= 0.6 is 7.82 Å². The molecule has 0 aromatic rings. The molecule has 0 radical (unpaired) electrons. The van der Waals surface area contributed by atoms with Gasteiger partial charge in [-0.05, 0) is 70.3 Å². The molecule has 0 aromatic carbocycles. The first-order chi connectivity index (χ1) is 27.7. The fourth-order valence-corrected chi connectivity index (χ4v) is 6.45. The summed E-state index contributed by atoms with van der Waals surface area (Å²) in [5.41, 5.74) is 0. The Morgan fingerprint density at radius 1 is 0.509 bits per heavy atom. The number of ketones is 1. The number of phosphoric acid groups is 1. The van der Waals surface area contributed by atoms with Crippen molar-refractivity contribution in [2.45, 2.75) is 206 Å². The number of hydrogen-bond donors (Lipinski definition) is 2. The highest BCUT2D eigenvalue weighted by Crippen LogP contribution is 2.36. The molecule has 0 heterocycles. The third kappa shape index (κ3) is 44.4. The molecule has 0 spiro atoms. The van der Waals surface area contributed by atoms with Gasteiger partial charge < -0.3 is 19.3 Å². The minimum atomic E-state index is -4.81. The van der Waals surface area contributed by atoms with Crippen LogP contribution in [0.2, 0.25) is 0 Å². The number of esters is 2. The van der Waals surface area contributed by atoms with E-state index in [-0.39, 0.29) is 31.5 Å². The Hall–Kier alpha value is -2.58. The highest BCUT2D eigenvalue weighted by atomic mass is 31.2. The van der Waals surface area contributed by atoms with Crippen molar-refractivity contribution >= 4 is 25.5 Å². The van der Waals surface area contributed by atoms with E-state index in [0.29, 0.717) is 6.42 Å². The number of allylic oxidation sites excluding steroid dienone is 10. The maximum atomic E-state index is 12.4. The van der Waals surface area contributed by atoms with Gasteiger partial charge in [-0.25, -0.2) is 4.57 Å². The van der Waals surface area contributed by atoms with E-state index in [1.54, 1.807) is 6.08 Å². The molecule has 328 valence electrons. The third-order valence-corrected chi connectivity index (χ3v) is 9.97. The van der Waals surface area contributed by atoms with Crippen molar-refractivity contribution in [2.75, 3.05) is 13.2 Å². The summed E-state index contributed by atoms with van der Waals surface area (Å²) in [6.07, 6.45) is 49.5. The van der Waals surface area contributed by atoms with Crippen LogP contribution in [-0.4, -0.2) is 46.8 Å². The van der Waals surface area contributed by atoms with E-state index in [1.165, 1.54) is 122 Å². The summed E-state index contributed by atoms with van der Waals surface area (Å²) < 4.78 is 26.3. The Bertz CT molecular complexity index is 1170. The molecule has 9 nitrogen and oxygen atoms in total. The first kappa shape index (κ1) is 54.4. The van der Waals surface area contributed by atoms with Crippen LogP contribution in [0.1, 0.15) is 200 Å². The average molecular weight is 821 g/mol. The van der Waals surface area contributed by atoms with Crippen LogP contribution in [0.3, 0.4) is 0 Å². The van der Waals surface area contributed by atoms with Gasteiger partial charge in [0.25, 0.3) is 0 Å². The molecular weight excluding hydrogens is 739 g/mol. The van der Waals surface area contributed by atoms with Crippen molar-refractivity contribution in [1.82, 2.24) is 0 Å². The number of carbonyl (C=O) groups is 3. The molecule has 57 heavy (non-hydrogen) atoms. The van der Waals surface area contributed by atoms with Crippen LogP contribution in [0.15, 0.2) is 60.8 Å². The zero-order valence-electron chi connectivity index (χ0n) is 36.0. The van der Waals surface area contributed by atoms with Crippen molar-refractivity contribution in [2.24, 2.45) is 0 Å². The molecule has 0 saturated carbocycles. The van der Waals surface area contributed by atoms with Gasteiger partial charge in [0, 0.05) is 19.3 Å². The molecule has 10 heteroatoms. The molecule has 2 N–H and O–H groups in total. The number of phosphoric ester groups is 1. The van der Waals surface area contributed by atoms with Gasteiger partial charge in [0.2, 0.25) is 0 Å². The fourth-order valence-electron chi connectivity index (χ4n) is 6.09. The largest absolute Gasteiger partial charge is 0.469 e. The van der Waals surface area contributed by atoms with Crippen LogP contribution in [0, 0.1) is 0 Å². The van der Waals surface area contributed by atoms with Crippen molar-refractivity contribution in [3.05, 3.63) is 60.8 Å². The predicted octanol–water partition coefficient (Wildman–Crippen LogP) is 13.3. The SMILES string of the molecule is CCCCC/C=C\C/C=C\C/C=C\C=C\C(=O)CCCC(=O)OC[C@H](COP(=O)(O)O)OC(=O)CCCCCCCCCCCCC/C=C\CCCCCCCC. The van der Waals surface area contributed by atoms with Crippen LogP contribution in [0.4, 0.5) is 0 Å². The lowest BCUT2D eigenvalue weighted by Gasteiger charge is -2.18. The fraction of sp³-hybridized carbons (Fsp3) is 0.723. The van der Waals surface area contributed by atoms with Gasteiger partial charge >= 0.3 is 19.8 Å². The topological polar surface area (TPSA) is 136 Å². The number of unbranched alkanes of at least 4 members (excludes halogenated alkanes) is 20. The summed E-state index contributed by atoms with van der Waals surface area (Å²) in [7, 11) is -4.81. The zero-order valence-corrected chi connectivity index (χ0v) is 36.9. The Labute approximate surface area is 347 Å². The highest BCUT2D eigenvalue weighted by Gasteiger charge is 2.23. The molecule has 0 aliphatic rings. The molecule has 0 bridgehead atoms. The standard InChI is InChI=1S/C47H81O9P/c1-3-5-7-9-11-13-15-17-18-19-20-21-22-23-24-26-28-30-32-34-36-40-47(50)56-45(43-55-57(51,52)53)42-54-46(49)41-37-39-44(48)38-35-33-31-29-27-25-16-14-12-10-8-6-4-2/h12,14,17-18,25,27,31,33,35,38,45H,3-11,13,15-16,19-24,26,28-30,32,34,36-37,39-43H2,1-2H3,(H2,51,52,53)/b14-12-,18-17-,27-25-,33-31-,38-35+/t45-/m1/s1. The Morgan fingerprint density at radius 2 is 0.965 bits per heavy atom. The second kappa shape index (κ2) is 41.6. The first-order valence-electron chi connectivity index (χ1n) is 22.5. The molecule has 0 fully saturated rings. The smallest absolute Gasteiger partial charge is 0.462 e. The van der Waals surface area contributed by atoms with Crippen molar-refractivity contribution in [1.29, 1.82) is 0 Å². The van der Waals surface area contributed by atoms with E-state index in [0.717, 1.165) is 38.5 Å². The highest BCUT2D eigenvalue weighted by molar-refractivity contribution is 7.46. The molecular formula is C47H81O9P. The summed E-state index contributed by atoms with van der Waals surface area (Å²) in [5, 5.41) is 0. The molecule has 0 saturated heterocycles. The molecule has 0 amide bonds. The third-order valence-electron chi connectivity index (χ3n) is 9.49. The van der Waals surface area contributed by atoms with E-state index < -0.39 is 39.1 Å². The quantitative estimate of drug-likeness (QED) is 0.0154. The number of rotatable bonds is 41. The lowest BCUT2D eigenvalue weighted by atomic mass is 10.0. The summed E-state index contributed by atoms with van der Waals surface area (Å²) in [6.45, 7) is 3.45. The second-order valence-corrected chi connectivity index (χ2v) is 16.3. The van der Waals surface area contributed by atoms with Crippen molar-refractivity contribution in [3.8, 4) is 0 Å². The summed E-state index contributed by atoms with van der Waals surface area (Å²) >= 11 is 0. The maximum absolute atomic E-state index is 12.4. The van der Waals surface area contributed by atoms with E-state index in [1.807, 2.05) is 12.2 Å². The Balaban J connectivity index is 4.04. The lowest BCUT2D eigenvalue weighted by molar-refractivity contribution is -0.161. The van der Waals surface area contributed by atoms with E-state index in [2.05, 4.69) is 54.8 Å². The van der Waals surface area contributed by atoms with Gasteiger partial charge in [-0.1, -0.05) is 171 Å². The van der Waals surface area contributed by atoms with Crippen molar-refractivity contribution < 1.29 is 42.7 Å². The second-order valence-electron chi connectivity index (χ2n) is 15.1. The summed E-state index contributed by atoms with van der Waals surface area (Å²) in [6, 6.07) is 0. The number of ether oxygens (including phenoxy) is 2. The molecule has 0 aliphatic heterocycles. The normalized spacial score (nSPS) is 12.9. The van der Waals surface area contributed by atoms with Crippen LogP contribution in [-0.2, 0) is 32.9 Å². The monoisotopic (exact) mass is 821 g/mol. The molecule has 0 aliphatic carbocycles. The van der Waals surface area contributed by atoms with Gasteiger partial charge in [-0.15, -0.1) is 0 Å². The van der Waals surface area contributed by atoms with Crippen LogP contribution in [0.5, 0.6) is 0 Å². The molecule has 0 aromatic heterocycles. The minimum Gasteiger partial charge on any atom is -0.462 e. The zero-order chi connectivity index (χ0) is 41.9. The van der Waals surface area contributed by atoms with Gasteiger partial charge in [0.1, 0.15) is 6.61 Å². The maximum Gasteiger partial charge on any atom is 0.469 e. The molecule has 1 atom stereocenters. The summed E-state index contributed by atoms with van der Waals surface area (Å²) in [5.74, 6) is -1.25. The van der Waals surface area contributed by atoms with E-state index in [9.17, 15) is 18.9 Å². The van der Waals surface area contributed by atoms with Gasteiger partial charge in [0.15, 0.2) is 11.9 Å². The number of carbonyl (C=O) groups excluding carboxylic acids is 3. The Morgan fingerprint density at radius 3 is 1.54 bits per heavy atom. The van der Waals surface area contributed by atoms with Gasteiger partial charge in [-0.2, -0.15) is 0 Å². The molecule has 0 unspecified atom stereocenters. The van der Waals surface area contributed by atoms with Gasteiger partial charge in [-0.3, -0.25) is 18.9 Å². The molecule has 0 rings (SSSR count). The van der Waals surface area contributed by atoms with Crippen molar-refractivity contribution in [3.63, 3.8) is 0 Å². The summed E-state index contributed by atoms with van der Waals surface area (Å²) in [4.78, 5) is 55.0. The first-order valence-corrected chi connectivity index (χ1v) is 24.1. The Kier molecular flexibility index (Phi) is 39.7. The van der Waals surface area contributed by atoms with Gasteiger partial charge in [0.05, 0.1) is 6.61 Å². The average Bonchev–Trinajstić information content (AvgIpc) is 3.18. The predicted molar refractivity (Wildman–Crippen MR) is 235 cm³/mol. The van der Waals surface area contributed by atoms with E-state index in [4.69, 9.17) is 19.3 Å². The van der Waals surface area contributed by atoms with E-state index >= 15 is 0 Å².